The number of sulfonamides is 1. The van der Waals surface area contributed by atoms with Gasteiger partial charge in [-0.25, -0.2) is 12.7 Å². The predicted molar refractivity (Wildman–Crippen MR) is 86.8 cm³/mol. The van der Waals surface area contributed by atoms with Crippen molar-refractivity contribution in [3.05, 3.63) is 28.8 Å². The van der Waals surface area contributed by atoms with E-state index in [0.717, 1.165) is 29.7 Å². The van der Waals surface area contributed by atoms with Gasteiger partial charge in [-0.15, -0.1) is 0 Å². The fourth-order valence-corrected chi connectivity index (χ4v) is 3.74. The standard InChI is InChI=1S/C15H27N3O2S/c1-12-9-14(11-16)10-15(13(12)2)21(19,20)18(5)8-6-7-17(3)4/h9-10H,6-8,11,16H2,1-5H3. The zero-order valence-electron chi connectivity index (χ0n) is 13.7. The van der Waals surface area contributed by atoms with E-state index in [1.54, 1.807) is 13.1 Å². The smallest absolute Gasteiger partial charge is 0.243 e. The van der Waals surface area contributed by atoms with E-state index in [2.05, 4.69) is 0 Å². The molecular formula is C15H27N3O2S. The summed E-state index contributed by atoms with van der Waals surface area (Å²) in [4.78, 5) is 2.42. The Morgan fingerprint density at radius 2 is 1.71 bits per heavy atom. The summed E-state index contributed by atoms with van der Waals surface area (Å²) < 4.78 is 26.9. The number of hydrogen-bond donors (Lipinski definition) is 1. The number of hydrogen-bond acceptors (Lipinski definition) is 4. The van der Waals surface area contributed by atoms with E-state index in [-0.39, 0.29) is 0 Å². The van der Waals surface area contributed by atoms with Gasteiger partial charge in [0.1, 0.15) is 0 Å². The molecule has 1 aromatic rings. The summed E-state index contributed by atoms with van der Waals surface area (Å²) in [5.74, 6) is 0. The summed E-state index contributed by atoms with van der Waals surface area (Å²) in [6.07, 6.45) is 0.803. The molecular weight excluding hydrogens is 286 g/mol. The lowest BCUT2D eigenvalue weighted by molar-refractivity contribution is 0.370. The van der Waals surface area contributed by atoms with Gasteiger partial charge in [-0.1, -0.05) is 6.07 Å². The highest BCUT2D eigenvalue weighted by Gasteiger charge is 2.23. The zero-order valence-corrected chi connectivity index (χ0v) is 14.5. The van der Waals surface area contributed by atoms with E-state index in [4.69, 9.17) is 5.73 Å². The first kappa shape index (κ1) is 18.1. The van der Waals surface area contributed by atoms with Gasteiger partial charge < -0.3 is 10.6 Å². The monoisotopic (exact) mass is 313 g/mol. The van der Waals surface area contributed by atoms with Crippen molar-refractivity contribution in [3.63, 3.8) is 0 Å². The molecule has 5 nitrogen and oxygen atoms in total. The minimum atomic E-state index is -3.46. The molecule has 1 rings (SSSR count). The summed E-state index contributed by atoms with van der Waals surface area (Å²) in [6, 6.07) is 3.64. The first-order chi connectivity index (χ1) is 9.70. The van der Waals surface area contributed by atoms with Crippen LogP contribution in [0.15, 0.2) is 17.0 Å². The molecule has 0 aliphatic heterocycles. The molecule has 0 saturated heterocycles. The molecule has 0 saturated carbocycles. The van der Waals surface area contributed by atoms with E-state index >= 15 is 0 Å². The fourth-order valence-electron chi connectivity index (χ4n) is 2.18. The van der Waals surface area contributed by atoms with Crippen LogP contribution in [0.1, 0.15) is 23.1 Å². The van der Waals surface area contributed by atoms with Crippen LogP contribution in [0.5, 0.6) is 0 Å². The van der Waals surface area contributed by atoms with Crippen molar-refractivity contribution >= 4 is 10.0 Å². The van der Waals surface area contributed by atoms with Gasteiger partial charge in [0, 0.05) is 20.1 Å². The average molecular weight is 313 g/mol. The third kappa shape index (κ3) is 4.51. The van der Waals surface area contributed by atoms with E-state index in [1.807, 2.05) is 38.9 Å². The number of benzene rings is 1. The van der Waals surface area contributed by atoms with Crippen LogP contribution in [0.4, 0.5) is 0 Å². The second-order valence-corrected chi connectivity index (χ2v) is 7.74. The summed E-state index contributed by atoms with van der Waals surface area (Å²) in [7, 11) is 2.13. The summed E-state index contributed by atoms with van der Waals surface area (Å²) >= 11 is 0. The Morgan fingerprint density at radius 3 is 2.24 bits per heavy atom. The van der Waals surface area contributed by atoms with Crippen molar-refractivity contribution in [2.75, 3.05) is 34.2 Å². The van der Waals surface area contributed by atoms with Crippen molar-refractivity contribution in [3.8, 4) is 0 Å². The second-order valence-electron chi connectivity index (χ2n) is 5.72. The van der Waals surface area contributed by atoms with Crippen molar-refractivity contribution in [1.29, 1.82) is 0 Å². The van der Waals surface area contributed by atoms with Crippen molar-refractivity contribution in [2.45, 2.75) is 31.7 Å². The van der Waals surface area contributed by atoms with Crippen LogP contribution in [0.25, 0.3) is 0 Å². The molecule has 21 heavy (non-hydrogen) atoms. The lowest BCUT2D eigenvalue weighted by Gasteiger charge is -2.21. The first-order valence-corrected chi connectivity index (χ1v) is 8.55. The third-order valence-electron chi connectivity index (χ3n) is 3.68. The maximum absolute atomic E-state index is 12.7. The number of nitrogens with zero attached hydrogens (tertiary/aromatic N) is 2. The van der Waals surface area contributed by atoms with E-state index in [9.17, 15) is 8.42 Å². The molecule has 0 radical (unpaired) electrons. The Balaban J connectivity index is 3.04. The summed E-state index contributed by atoms with van der Waals surface area (Å²) in [6.45, 7) is 5.47. The summed E-state index contributed by atoms with van der Waals surface area (Å²) in [5.41, 5.74) is 8.26. The Hall–Kier alpha value is -0.950. The molecule has 0 unspecified atom stereocenters. The minimum Gasteiger partial charge on any atom is -0.326 e. The Kier molecular flexibility index (Phi) is 6.34. The summed E-state index contributed by atoms with van der Waals surface area (Å²) in [5, 5.41) is 0. The topological polar surface area (TPSA) is 66.6 Å². The van der Waals surface area contributed by atoms with Gasteiger partial charge in [-0.3, -0.25) is 0 Å². The van der Waals surface area contributed by atoms with Gasteiger partial charge in [0.15, 0.2) is 0 Å². The second kappa shape index (κ2) is 7.35. The minimum absolute atomic E-state index is 0.341. The Labute approximate surface area is 128 Å². The molecule has 0 aliphatic rings. The molecule has 0 heterocycles. The van der Waals surface area contributed by atoms with Gasteiger partial charge in [-0.2, -0.15) is 0 Å². The highest BCUT2D eigenvalue weighted by atomic mass is 32.2. The van der Waals surface area contributed by atoms with E-state index in [1.165, 1.54) is 4.31 Å². The SMILES string of the molecule is Cc1cc(CN)cc(S(=O)(=O)N(C)CCCN(C)C)c1C. The van der Waals surface area contributed by atoms with Crippen LogP contribution >= 0.6 is 0 Å². The van der Waals surface area contributed by atoms with Crippen LogP contribution in [0.3, 0.4) is 0 Å². The maximum atomic E-state index is 12.7. The lowest BCUT2D eigenvalue weighted by Crippen LogP contribution is -2.30. The van der Waals surface area contributed by atoms with Gasteiger partial charge in [0.05, 0.1) is 4.90 Å². The highest BCUT2D eigenvalue weighted by Crippen LogP contribution is 2.23. The van der Waals surface area contributed by atoms with Crippen LogP contribution < -0.4 is 5.73 Å². The molecule has 1 aromatic carbocycles. The number of nitrogens with two attached hydrogens (primary N) is 1. The number of rotatable bonds is 7. The van der Waals surface area contributed by atoms with Gasteiger partial charge in [0.25, 0.3) is 0 Å². The van der Waals surface area contributed by atoms with Crippen LogP contribution in [-0.2, 0) is 16.6 Å². The molecule has 0 atom stereocenters. The molecule has 120 valence electrons. The van der Waals surface area contributed by atoms with Gasteiger partial charge >= 0.3 is 0 Å². The molecule has 0 bridgehead atoms. The third-order valence-corrected chi connectivity index (χ3v) is 5.66. The predicted octanol–water partition coefficient (Wildman–Crippen LogP) is 1.33. The highest BCUT2D eigenvalue weighted by molar-refractivity contribution is 7.89. The molecule has 6 heteroatoms. The molecule has 0 aliphatic carbocycles. The molecule has 2 N–H and O–H groups in total. The Bertz CT molecular complexity index is 583. The molecule has 0 fully saturated rings. The van der Waals surface area contributed by atoms with Crippen molar-refractivity contribution in [2.24, 2.45) is 5.73 Å². The lowest BCUT2D eigenvalue weighted by atomic mass is 10.1. The van der Waals surface area contributed by atoms with Crippen LogP contribution in [0, 0.1) is 13.8 Å². The molecule has 0 aromatic heterocycles. The van der Waals surface area contributed by atoms with E-state index < -0.39 is 10.0 Å². The van der Waals surface area contributed by atoms with Gasteiger partial charge in [0.2, 0.25) is 10.0 Å². The van der Waals surface area contributed by atoms with Crippen molar-refractivity contribution in [1.82, 2.24) is 9.21 Å². The first-order valence-electron chi connectivity index (χ1n) is 7.11. The largest absolute Gasteiger partial charge is 0.326 e. The number of aryl methyl sites for hydroxylation is 1. The zero-order chi connectivity index (χ0) is 16.2. The van der Waals surface area contributed by atoms with Gasteiger partial charge in [-0.05, 0) is 63.7 Å². The Morgan fingerprint density at radius 1 is 1.10 bits per heavy atom. The normalized spacial score (nSPS) is 12.4. The van der Waals surface area contributed by atoms with Crippen molar-refractivity contribution < 1.29 is 8.42 Å². The maximum Gasteiger partial charge on any atom is 0.243 e. The van der Waals surface area contributed by atoms with E-state index in [0.29, 0.717) is 18.0 Å². The van der Waals surface area contributed by atoms with Crippen LogP contribution in [-0.4, -0.2) is 51.9 Å². The fraction of sp³-hybridized carbons (Fsp3) is 0.600. The molecule has 0 amide bonds. The van der Waals surface area contributed by atoms with Crippen LogP contribution in [0.2, 0.25) is 0 Å². The molecule has 0 spiro atoms. The average Bonchev–Trinajstić information content (AvgIpc) is 2.40. The quantitative estimate of drug-likeness (QED) is 0.825.